The maximum atomic E-state index is 13.0. The van der Waals surface area contributed by atoms with Crippen LogP contribution in [0, 0.1) is 12.7 Å². The number of carbonyl (C=O) groups excluding carboxylic acids is 2. The van der Waals surface area contributed by atoms with Crippen LogP contribution in [0.5, 0.6) is 0 Å². The Morgan fingerprint density at radius 3 is 2.55 bits per heavy atom. The highest BCUT2D eigenvalue weighted by molar-refractivity contribution is 6.05. The van der Waals surface area contributed by atoms with Crippen LogP contribution in [-0.4, -0.2) is 18.4 Å². The van der Waals surface area contributed by atoms with Gasteiger partial charge in [-0.3, -0.25) is 9.59 Å². The fourth-order valence-corrected chi connectivity index (χ4v) is 2.72. The molecule has 2 amide bonds. The second-order valence-electron chi connectivity index (χ2n) is 6.53. The molecule has 0 aliphatic rings. The van der Waals surface area contributed by atoms with Crippen LogP contribution in [0.1, 0.15) is 27.2 Å². The largest absolute Gasteiger partial charge is 0.465 e. The van der Waals surface area contributed by atoms with Gasteiger partial charge in [0.25, 0.3) is 11.8 Å². The Labute approximate surface area is 168 Å². The van der Waals surface area contributed by atoms with Crippen molar-refractivity contribution in [3.8, 4) is 0 Å². The predicted octanol–water partition coefficient (Wildman–Crippen LogP) is 3.86. The molecule has 29 heavy (non-hydrogen) atoms. The molecule has 0 aliphatic heterocycles. The Morgan fingerprint density at radius 1 is 1.07 bits per heavy atom. The van der Waals surface area contributed by atoms with Crippen molar-refractivity contribution in [2.24, 2.45) is 0 Å². The number of aryl methyl sites for hydroxylation is 1. The summed E-state index contributed by atoms with van der Waals surface area (Å²) in [7, 11) is 0. The SMILES string of the molecule is Cc1cccc(C(=O)N/C(=C\c2ccco2)C(=O)NCCc2ccc(F)cc2)c1. The number of amides is 2. The molecule has 3 aromatic rings. The lowest BCUT2D eigenvalue weighted by atomic mass is 10.1. The van der Waals surface area contributed by atoms with Crippen molar-refractivity contribution in [2.75, 3.05) is 6.54 Å². The van der Waals surface area contributed by atoms with Crippen molar-refractivity contribution in [2.45, 2.75) is 13.3 Å². The van der Waals surface area contributed by atoms with Crippen LogP contribution in [0.3, 0.4) is 0 Å². The van der Waals surface area contributed by atoms with E-state index in [1.165, 1.54) is 24.5 Å². The molecule has 0 unspecified atom stereocenters. The van der Waals surface area contributed by atoms with Gasteiger partial charge in [0.05, 0.1) is 6.26 Å². The normalized spacial score (nSPS) is 11.2. The average Bonchev–Trinajstić information content (AvgIpc) is 3.22. The molecule has 0 atom stereocenters. The summed E-state index contributed by atoms with van der Waals surface area (Å²) in [4.78, 5) is 25.2. The number of rotatable bonds is 7. The van der Waals surface area contributed by atoms with Gasteiger partial charge in [0.2, 0.25) is 0 Å². The summed E-state index contributed by atoms with van der Waals surface area (Å²) in [5.74, 6) is -0.691. The van der Waals surface area contributed by atoms with E-state index in [4.69, 9.17) is 4.42 Å². The molecule has 1 heterocycles. The molecule has 0 bridgehead atoms. The minimum Gasteiger partial charge on any atom is -0.465 e. The highest BCUT2D eigenvalue weighted by atomic mass is 19.1. The van der Waals surface area contributed by atoms with Gasteiger partial charge < -0.3 is 15.1 Å². The molecule has 5 nitrogen and oxygen atoms in total. The molecule has 6 heteroatoms. The monoisotopic (exact) mass is 392 g/mol. The third-order valence-corrected chi connectivity index (χ3v) is 4.22. The van der Waals surface area contributed by atoms with Gasteiger partial charge >= 0.3 is 0 Å². The van der Waals surface area contributed by atoms with Gasteiger partial charge in [0, 0.05) is 18.2 Å². The average molecular weight is 392 g/mol. The summed E-state index contributed by atoms with van der Waals surface area (Å²) in [5.41, 5.74) is 2.37. The van der Waals surface area contributed by atoms with Crippen LogP contribution in [-0.2, 0) is 11.2 Å². The minimum absolute atomic E-state index is 0.0746. The molecule has 2 N–H and O–H groups in total. The van der Waals surface area contributed by atoms with Crippen LogP contribution in [0.2, 0.25) is 0 Å². The molecule has 0 aliphatic carbocycles. The van der Waals surface area contributed by atoms with E-state index in [1.54, 1.807) is 42.5 Å². The number of carbonyl (C=O) groups is 2. The van der Waals surface area contributed by atoms with E-state index in [2.05, 4.69) is 10.6 Å². The number of halogens is 1. The van der Waals surface area contributed by atoms with E-state index < -0.39 is 5.91 Å². The second kappa shape index (κ2) is 9.50. The van der Waals surface area contributed by atoms with Gasteiger partial charge in [-0.1, -0.05) is 29.8 Å². The van der Waals surface area contributed by atoms with Gasteiger partial charge in [-0.15, -0.1) is 0 Å². The molecule has 2 aromatic carbocycles. The van der Waals surface area contributed by atoms with Crippen LogP contribution >= 0.6 is 0 Å². The van der Waals surface area contributed by atoms with Crippen molar-refractivity contribution in [3.05, 3.63) is 101 Å². The standard InChI is InChI=1S/C23H21FN2O3/c1-16-4-2-5-18(14-16)22(27)26-21(15-20-6-3-13-29-20)23(28)25-12-11-17-7-9-19(24)10-8-17/h2-10,13-15H,11-12H2,1H3,(H,25,28)(H,26,27)/b21-15-. The topological polar surface area (TPSA) is 71.3 Å². The molecule has 0 saturated carbocycles. The van der Waals surface area contributed by atoms with E-state index in [9.17, 15) is 14.0 Å². The number of nitrogens with one attached hydrogen (secondary N) is 2. The van der Waals surface area contributed by atoms with E-state index in [0.717, 1.165) is 11.1 Å². The fourth-order valence-electron chi connectivity index (χ4n) is 2.72. The molecule has 148 valence electrons. The third-order valence-electron chi connectivity index (χ3n) is 4.22. The van der Waals surface area contributed by atoms with E-state index in [0.29, 0.717) is 24.3 Å². The van der Waals surface area contributed by atoms with E-state index >= 15 is 0 Å². The number of hydrogen-bond acceptors (Lipinski definition) is 3. The summed E-state index contributed by atoms with van der Waals surface area (Å²) >= 11 is 0. The maximum absolute atomic E-state index is 13.0. The number of hydrogen-bond donors (Lipinski definition) is 2. The summed E-state index contributed by atoms with van der Waals surface area (Å²) in [6, 6.07) is 16.6. The fraction of sp³-hybridized carbons (Fsp3) is 0.130. The van der Waals surface area contributed by atoms with Gasteiger partial charge in [-0.2, -0.15) is 0 Å². The minimum atomic E-state index is -0.440. The molecule has 1 aromatic heterocycles. The highest BCUT2D eigenvalue weighted by Gasteiger charge is 2.15. The van der Waals surface area contributed by atoms with Crippen molar-refractivity contribution >= 4 is 17.9 Å². The molecular weight excluding hydrogens is 371 g/mol. The first-order valence-electron chi connectivity index (χ1n) is 9.17. The first-order chi connectivity index (χ1) is 14.0. The number of benzene rings is 2. The summed E-state index contributed by atoms with van der Waals surface area (Å²) < 4.78 is 18.2. The van der Waals surface area contributed by atoms with E-state index in [-0.39, 0.29) is 17.4 Å². The Kier molecular flexibility index (Phi) is 6.58. The molecular formula is C23H21FN2O3. The van der Waals surface area contributed by atoms with Crippen LogP contribution < -0.4 is 10.6 Å². The molecule has 0 saturated heterocycles. The summed E-state index contributed by atoms with van der Waals surface area (Å²) in [6.07, 6.45) is 3.49. The van der Waals surface area contributed by atoms with Crippen molar-refractivity contribution in [1.82, 2.24) is 10.6 Å². The lowest BCUT2D eigenvalue weighted by Crippen LogP contribution is -2.35. The van der Waals surface area contributed by atoms with E-state index in [1.807, 2.05) is 13.0 Å². The molecule has 0 spiro atoms. The first-order valence-corrected chi connectivity index (χ1v) is 9.17. The van der Waals surface area contributed by atoms with Crippen LogP contribution in [0.15, 0.2) is 77.0 Å². The Morgan fingerprint density at radius 2 is 1.86 bits per heavy atom. The second-order valence-corrected chi connectivity index (χ2v) is 6.53. The van der Waals surface area contributed by atoms with Crippen LogP contribution in [0.25, 0.3) is 6.08 Å². The Balaban J connectivity index is 1.68. The summed E-state index contributed by atoms with van der Waals surface area (Å²) in [6.45, 7) is 2.22. The zero-order valence-corrected chi connectivity index (χ0v) is 15.9. The van der Waals surface area contributed by atoms with Crippen molar-refractivity contribution in [3.63, 3.8) is 0 Å². The summed E-state index contributed by atoms with van der Waals surface area (Å²) in [5, 5.41) is 5.42. The van der Waals surface area contributed by atoms with Gasteiger partial charge in [0.15, 0.2) is 0 Å². The van der Waals surface area contributed by atoms with Gasteiger partial charge in [-0.25, -0.2) is 4.39 Å². The Hall–Kier alpha value is -3.67. The molecule has 0 radical (unpaired) electrons. The molecule has 0 fully saturated rings. The lowest BCUT2D eigenvalue weighted by Gasteiger charge is -2.11. The lowest BCUT2D eigenvalue weighted by molar-refractivity contribution is -0.117. The van der Waals surface area contributed by atoms with Gasteiger partial charge in [-0.05, 0) is 55.3 Å². The highest BCUT2D eigenvalue weighted by Crippen LogP contribution is 2.09. The quantitative estimate of drug-likeness (QED) is 0.600. The predicted molar refractivity (Wildman–Crippen MR) is 108 cm³/mol. The van der Waals surface area contributed by atoms with Crippen molar-refractivity contribution < 1.29 is 18.4 Å². The number of furan rings is 1. The van der Waals surface area contributed by atoms with Gasteiger partial charge in [0.1, 0.15) is 17.3 Å². The first kappa shape index (κ1) is 20.1. The van der Waals surface area contributed by atoms with Crippen LogP contribution in [0.4, 0.5) is 4.39 Å². The van der Waals surface area contributed by atoms with Crippen molar-refractivity contribution in [1.29, 1.82) is 0 Å². The zero-order valence-electron chi connectivity index (χ0n) is 15.9. The third kappa shape index (κ3) is 5.90. The zero-order chi connectivity index (χ0) is 20.6. The Bertz CT molecular complexity index is 1010. The molecule has 3 rings (SSSR count). The smallest absolute Gasteiger partial charge is 0.267 e. The maximum Gasteiger partial charge on any atom is 0.267 e.